The lowest BCUT2D eigenvalue weighted by Gasteiger charge is -2.34. The van der Waals surface area contributed by atoms with Gasteiger partial charge in [-0.15, -0.1) is 0 Å². The first-order valence-electron chi connectivity index (χ1n) is 8.48. The van der Waals surface area contributed by atoms with Gasteiger partial charge in [0.2, 0.25) is 5.91 Å². The zero-order valence-electron chi connectivity index (χ0n) is 14.2. The predicted octanol–water partition coefficient (Wildman–Crippen LogP) is 2.76. The van der Waals surface area contributed by atoms with E-state index in [-0.39, 0.29) is 22.6 Å². The molecule has 0 saturated heterocycles. The number of carbonyl (C=O) groups is 1. The average Bonchev–Trinajstić information content (AvgIpc) is 2.54. The van der Waals surface area contributed by atoms with Crippen LogP contribution >= 0.6 is 0 Å². The number of carbonyl (C=O) groups excluding carboxylic acids is 1. The summed E-state index contributed by atoms with van der Waals surface area (Å²) >= 11 is 0. The third-order valence-corrected chi connectivity index (χ3v) is 5.05. The smallest absolute Gasteiger partial charge is 0.292 e. The van der Waals surface area contributed by atoms with Crippen molar-refractivity contribution >= 4 is 23.0 Å². The van der Waals surface area contributed by atoms with Gasteiger partial charge in [-0.2, -0.15) is 0 Å². The molecule has 1 aromatic rings. The molecule has 2 atom stereocenters. The molecule has 2 N–H and O–H groups in total. The van der Waals surface area contributed by atoms with Gasteiger partial charge in [0.25, 0.3) is 5.69 Å². The summed E-state index contributed by atoms with van der Waals surface area (Å²) < 4.78 is 0. The molecule has 2 aliphatic rings. The Hall–Kier alpha value is -2.15. The first-order valence-corrected chi connectivity index (χ1v) is 8.48. The van der Waals surface area contributed by atoms with E-state index in [1.54, 1.807) is 12.1 Å². The van der Waals surface area contributed by atoms with Crippen LogP contribution in [0.1, 0.15) is 37.7 Å². The maximum Gasteiger partial charge on any atom is 0.292 e. The van der Waals surface area contributed by atoms with Gasteiger partial charge in [-0.1, -0.05) is 0 Å². The number of nitrogens with zero attached hydrogens (tertiary/aromatic N) is 2. The third-order valence-electron chi connectivity index (χ3n) is 5.05. The molecule has 1 heterocycles. The van der Waals surface area contributed by atoms with Crippen molar-refractivity contribution in [3.63, 3.8) is 0 Å². The Morgan fingerprint density at radius 2 is 2.08 bits per heavy atom. The van der Waals surface area contributed by atoms with E-state index in [2.05, 4.69) is 29.6 Å². The Morgan fingerprint density at radius 1 is 1.29 bits per heavy atom. The van der Waals surface area contributed by atoms with Gasteiger partial charge < -0.3 is 15.5 Å². The fourth-order valence-corrected chi connectivity index (χ4v) is 3.67. The van der Waals surface area contributed by atoms with Crippen LogP contribution in [-0.4, -0.2) is 41.9 Å². The Labute approximate surface area is 141 Å². The van der Waals surface area contributed by atoms with E-state index in [1.807, 2.05) is 0 Å². The number of nitrogens with one attached hydrogen (secondary N) is 2. The molecule has 24 heavy (non-hydrogen) atoms. The number of nitro benzene ring substituents is 1. The Kier molecular flexibility index (Phi) is 4.71. The average molecular weight is 332 g/mol. The molecule has 1 aliphatic heterocycles. The van der Waals surface area contributed by atoms with Crippen LogP contribution in [0.15, 0.2) is 12.1 Å². The monoisotopic (exact) mass is 332 g/mol. The first-order chi connectivity index (χ1) is 11.4. The van der Waals surface area contributed by atoms with Crippen molar-refractivity contribution in [2.75, 3.05) is 24.7 Å². The highest BCUT2D eigenvalue weighted by Crippen LogP contribution is 2.36. The molecule has 7 nitrogen and oxygen atoms in total. The van der Waals surface area contributed by atoms with Crippen molar-refractivity contribution in [2.24, 2.45) is 0 Å². The quantitative estimate of drug-likeness (QED) is 0.654. The lowest BCUT2D eigenvalue weighted by atomic mass is 9.90. The fraction of sp³-hybridized carbons (Fsp3) is 0.588. The highest BCUT2D eigenvalue weighted by molar-refractivity contribution is 5.95. The minimum absolute atomic E-state index is 0.0346. The van der Waals surface area contributed by atoms with E-state index in [9.17, 15) is 14.9 Å². The number of benzene rings is 1. The van der Waals surface area contributed by atoms with Gasteiger partial charge in [-0.05, 0) is 57.8 Å². The SMILES string of the molecule is CN(C)C1CCCC(Nc2cc3c(cc2[N+](=O)[O-])CCC(=O)N3)C1. The molecule has 3 rings (SSSR count). The molecule has 1 fully saturated rings. The molecular formula is C17H24N4O3. The van der Waals surface area contributed by atoms with Crippen LogP contribution in [0.3, 0.4) is 0 Å². The maximum atomic E-state index is 11.6. The van der Waals surface area contributed by atoms with Crippen LogP contribution in [0, 0.1) is 10.1 Å². The molecule has 1 saturated carbocycles. The number of amides is 1. The van der Waals surface area contributed by atoms with Gasteiger partial charge in [0.05, 0.1) is 4.92 Å². The second-order valence-corrected chi connectivity index (χ2v) is 6.96. The largest absolute Gasteiger partial charge is 0.377 e. The van der Waals surface area contributed by atoms with Crippen molar-refractivity contribution in [1.29, 1.82) is 0 Å². The molecule has 0 bridgehead atoms. The normalized spacial score (nSPS) is 23.5. The summed E-state index contributed by atoms with van der Waals surface area (Å²) in [5.41, 5.74) is 2.13. The molecule has 1 aliphatic carbocycles. The summed E-state index contributed by atoms with van der Waals surface area (Å²) in [6, 6.07) is 4.03. The minimum Gasteiger partial charge on any atom is -0.377 e. The van der Waals surface area contributed by atoms with Crippen LogP contribution in [0.2, 0.25) is 0 Å². The highest BCUT2D eigenvalue weighted by Gasteiger charge is 2.27. The summed E-state index contributed by atoms with van der Waals surface area (Å²) in [4.78, 5) is 24.9. The summed E-state index contributed by atoms with van der Waals surface area (Å²) in [6.07, 6.45) is 5.17. The minimum atomic E-state index is -0.342. The van der Waals surface area contributed by atoms with Crippen molar-refractivity contribution < 1.29 is 9.72 Å². The molecule has 0 aromatic heterocycles. The second-order valence-electron chi connectivity index (χ2n) is 6.96. The third kappa shape index (κ3) is 3.51. The van der Waals surface area contributed by atoms with Crippen LogP contribution < -0.4 is 10.6 Å². The van der Waals surface area contributed by atoms with E-state index in [1.165, 1.54) is 0 Å². The molecule has 2 unspecified atom stereocenters. The number of aryl methyl sites for hydroxylation is 1. The van der Waals surface area contributed by atoms with Gasteiger partial charge in [-0.3, -0.25) is 14.9 Å². The van der Waals surface area contributed by atoms with Crippen LogP contribution in [0.25, 0.3) is 0 Å². The number of anilines is 2. The van der Waals surface area contributed by atoms with E-state index in [0.29, 0.717) is 30.3 Å². The number of hydrogen-bond acceptors (Lipinski definition) is 5. The number of nitro groups is 1. The highest BCUT2D eigenvalue weighted by atomic mass is 16.6. The predicted molar refractivity (Wildman–Crippen MR) is 93.4 cm³/mol. The molecule has 7 heteroatoms. The number of fused-ring (bicyclic) bond motifs is 1. The Morgan fingerprint density at radius 3 is 2.79 bits per heavy atom. The zero-order chi connectivity index (χ0) is 17.3. The lowest BCUT2D eigenvalue weighted by Crippen LogP contribution is -2.38. The van der Waals surface area contributed by atoms with Gasteiger partial charge >= 0.3 is 0 Å². The van der Waals surface area contributed by atoms with Crippen LogP contribution in [0.4, 0.5) is 17.1 Å². The van der Waals surface area contributed by atoms with Gasteiger partial charge in [0, 0.05) is 30.3 Å². The number of hydrogen-bond donors (Lipinski definition) is 2. The van der Waals surface area contributed by atoms with E-state index < -0.39 is 0 Å². The van der Waals surface area contributed by atoms with E-state index in [4.69, 9.17) is 0 Å². The fourth-order valence-electron chi connectivity index (χ4n) is 3.67. The zero-order valence-corrected chi connectivity index (χ0v) is 14.2. The van der Waals surface area contributed by atoms with Gasteiger partial charge in [-0.25, -0.2) is 0 Å². The van der Waals surface area contributed by atoms with Gasteiger partial charge in [0.15, 0.2) is 0 Å². The van der Waals surface area contributed by atoms with Crippen molar-refractivity contribution in [3.8, 4) is 0 Å². The second kappa shape index (κ2) is 6.76. The van der Waals surface area contributed by atoms with Gasteiger partial charge in [0.1, 0.15) is 5.69 Å². The molecular weight excluding hydrogens is 308 g/mol. The van der Waals surface area contributed by atoms with E-state index in [0.717, 1.165) is 31.2 Å². The summed E-state index contributed by atoms with van der Waals surface area (Å²) in [5, 5.41) is 17.6. The topological polar surface area (TPSA) is 87.5 Å². The Balaban J connectivity index is 1.85. The first kappa shape index (κ1) is 16.7. The number of rotatable bonds is 4. The molecule has 0 radical (unpaired) electrons. The van der Waals surface area contributed by atoms with Crippen LogP contribution in [0.5, 0.6) is 0 Å². The van der Waals surface area contributed by atoms with Crippen LogP contribution in [-0.2, 0) is 11.2 Å². The molecule has 0 spiro atoms. The van der Waals surface area contributed by atoms with Crippen molar-refractivity contribution in [3.05, 3.63) is 27.8 Å². The molecule has 1 aromatic carbocycles. The Bertz CT molecular complexity index is 659. The lowest BCUT2D eigenvalue weighted by molar-refractivity contribution is -0.384. The molecule has 130 valence electrons. The summed E-state index contributed by atoms with van der Waals surface area (Å²) in [7, 11) is 4.15. The van der Waals surface area contributed by atoms with Crippen molar-refractivity contribution in [1.82, 2.24) is 4.90 Å². The summed E-state index contributed by atoms with van der Waals surface area (Å²) in [6.45, 7) is 0. The van der Waals surface area contributed by atoms with E-state index >= 15 is 0 Å². The maximum absolute atomic E-state index is 11.6. The standard InChI is InChI=1S/C17H24N4O3/c1-20(2)13-5-3-4-12(9-13)18-15-10-14-11(6-7-17(22)19-14)8-16(15)21(23)24/h8,10,12-13,18H,3-7,9H2,1-2H3,(H,19,22). The van der Waals surface area contributed by atoms with Crippen molar-refractivity contribution in [2.45, 2.75) is 50.6 Å². The molecule has 1 amide bonds. The summed E-state index contributed by atoms with van der Waals surface area (Å²) in [5.74, 6) is -0.0346.